The number of nitrogens with two attached hydrogens (primary N) is 1. The number of benzene rings is 3. The highest BCUT2D eigenvalue weighted by atomic mass is 35.5. The lowest BCUT2D eigenvalue weighted by Crippen LogP contribution is -2.12. The minimum atomic E-state index is -0.487. The number of halogens is 3. The first kappa shape index (κ1) is 21.5. The van der Waals surface area contributed by atoms with Crippen molar-refractivity contribution >= 4 is 57.1 Å². The normalized spacial score (nSPS) is 10.3. The molecule has 0 radical (unpaired) electrons. The van der Waals surface area contributed by atoms with E-state index in [-0.39, 0.29) is 17.1 Å². The van der Waals surface area contributed by atoms with Crippen molar-refractivity contribution in [2.45, 2.75) is 0 Å². The molecule has 0 bridgehead atoms. The quantitative estimate of drug-likeness (QED) is 0.317. The molecule has 5 nitrogen and oxygen atoms in total. The first-order chi connectivity index (χ1) is 14.4. The average molecular weight is 446 g/mol. The second kappa shape index (κ2) is 9.52. The number of hydrogen-bond acceptors (Lipinski definition) is 4. The number of nitrogen functional groups attached to an aromatic ring is 1. The zero-order chi connectivity index (χ0) is 21.7. The van der Waals surface area contributed by atoms with Crippen LogP contribution in [0.25, 0.3) is 11.0 Å². The molecule has 0 aliphatic heterocycles. The van der Waals surface area contributed by atoms with Crippen LogP contribution in [0.15, 0.2) is 71.1 Å². The maximum absolute atomic E-state index is 13.2. The summed E-state index contributed by atoms with van der Waals surface area (Å²) in [7, 11) is 1.81. The molecule has 4 aromatic rings. The van der Waals surface area contributed by atoms with Crippen LogP contribution in [-0.4, -0.2) is 13.0 Å². The molecule has 0 saturated carbocycles. The summed E-state index contributed by atoms with van der Waals surface area (Å²) in [5, 5.41) is 7.71. The molecule has 0 unspecified atom stereocenters. The molecule has 0 atom stereocenters. The number of carbonyl (C=O) groups excluding carboxylic acids is 1. The first-order valence-corrected chi connectivity index (χ1v) is 9.60. The average Bonchev–Trinajstić information content (AvgIpc) is 3.14. The molecule has 0 aliphatic rings. The fraction of sp³-hybridized carbons (Fsp3) is 0.0455. The van der Waals surface area contributed by atoms with E-state index >= 15 is 0 Å². The molecular formula is C22H18Cl2FN3O2. The van der Waals surface area contributed by atoms with Crippen LogP contribution in [0.1, 0.15) is 10.6 Å². The second-order valence-corrected chi connectivity index (χ2v) is 7.11. The van der Waals surface area contributed by atoms with Gasteiger partial charge in [0.05, 0.1) is 11.4 Å². The number of rotatable bonds is 3. The highest BCUT2D eigenvalue weighted by Gasteiger charge is 2.14. The van der Waals surface area contributed by atoms with Gasteiger partial charge in [-0.15, -0.1) is 0 Å². The minimum absolute atomic E-state index is 0.131. The SMILES string of the molecule is CNc1ccc2oc(C(=O)Nc3cc(F)ccc3N)cc2c1.Clc1cccc(Cl)c1. The molecule has 0 spiro atoms. The van der Waals surface area contributed by atoms with Crippen molar-refractivity contribution in [3.8, 4) is 0 Å². The monoisotopic (exact) mass is 445 g/mol. The molecular weight excluding hydrogens is 428 g/mol. The molecule has 0 saturated heterocycles. The van der Waals surface area contributed by atoms with Crippen LogP contribution < -0.4 is 16.4 Å². The fourth-order valence-corrected chi connectivity index (χ4v) is 3.03. The molecule has 1 amide bonds. The summed E-state index contributed by atoms with van der Waals surface area (Å²) in [6, 6.07) is 18.0. The van der Waals surface area contributed by atoms with Gasteiger partial charge in [0.1, 0.15) is 11.4 Å². The maximum Gasteiger partial charge on any atom is 0.291 e. The van der Waals surface area contributed by atoms with Crippen molar-refractivity contribution in [2.24, 2.45) is 0 Å². The molecule has 3 aromatic carbocycles. The summed E-state index contributed by atoms with van der Waals surface area (Å²) < 4.78 is 18.7. The maximum atomic E-state index is 13.2. The lowest BCUT2D eigenvalue weighted by Gasteiger charge is -2.06. The van der Waals surface area contributed by atoms with Crippen molar-refractivity contribution in [2.75, 3.05) is 23.4 Å². The number of fused-ring (bicyclic) bond motifs is 1. The van der Waals surface area contributed by atoms with Gasteiger partial charge in [-0.1, -0.05) is 29.3 Å². The second-order valence-electron chi connectivity index (χ2n) is 6.24. The summed E-state index contributed by atoms with van der Waals surface area (Å²) in [6.07, 6.45) is 0. The summed E-state index contributed by atoms with van der Waals surface area (Å²) in [4.78, 5) is 12.2. The van der Waals surface area contributed by atoms with Crippen molar-refractivity contribution in [1.29, 1.82) is 0 Å². The van der Waals surface area contributed by atoms with Crippen LogP contribution in [0.5, 0.6) is 0 Å². The van der Waals surface area contributed by atoms with Crippen LogP contribution in [0.4, 0.5) is 21.5 Å². The Morgan fingerprint density at radius 2 is 1.73 bits per heavy atom. The van der Waals surface area contributed by atoms with E-state index in [1.165, 1.54) is 12.1 Å². The fourth-order valence-electron chi connectivity index (χ4n) is 2.59. The highest BCUT2D eigenvalue weighted by molar-refractivity contribution is 6.34. The molecule has 1 aromatic heterocycles. The number of nitrogens with one attached hydrogen (secondary N) is 2. The van der Waals surface area contributed by atoms with Crippen molar-refractivity contribution < 1.29 is 13.6 Å². The third-order valence-electron chi connectivity index (χ3n) is 4.08. The Kier molecular flexibility index (Phi) is 6.82. The lowest BCUT2D eigenvalue weighted by molar-refractivity contribution is 0.0998. The molecule has 154 valence electrons. The zero-order valence-electron chi connectivity index (χ0n) is 15.9. The Morgan fingerprint density at radius 1 is 1.00 bits per heavy atom. The third kappa shape index (κ3) is 5.43. The number of hydrogen-bond donors (Lipinski definition) is 3. The van der Waals surface area contributed by atoms with E-state index in [4.69, 9.17) is 33.4 Å². The van der Waals surface area contributed by atoms with Gasteiger partial charge in [-0.3, -0.25) is 4.79 Å². The van der Waals surface area contributed by atoms with E-state index in [9.17, 15) is 9.18 Å². The zero-order valence-corrected chi connectivity index (χ0v) is 17.4. The molecule has 4 rings (SSSR count). The van der Waals surface area contributed by atoms with Crippen molar-refractivity contribution in [3.05, 3.63) is 88.4 Å². The molecule has 8 heteroatoms. The summed E-state index contributed by atoms with van der Waals surface area (Å²) in [5.74, 6) is -0.834. The van der Waals surface area contributed by atoms with Crippen LogP contribution >= 0.6 is 23.2 Å². The van der Waals surface area contributed by atoms with Crippen LogP contribution in [0, 0.1) is 5.82 Å². The Balaban J connectivity index is 0.000000269. The molecule has 1 heterocycles. The van der Waals surface area contributed by atoms with E-state index in [1.807, 2.05) is 25.2 Å². The predicted molar refractivity (Wildman–Crippen MR) is 121 cm³/mol. The predicted octanol–water partition coefficient (Wildman–Crippen LogP) is 6.44. The summed E-state index contributed by atoms with van der Waals surface area (Å²) >= 11 is 11.1. The smallest absolute Gasteiger partial charge is 0.291 e. The Morgan fingerprint density at radius 3 is 2.37 bits per heavy atom. The number of carbonyl (C=O) groups is 1. The molecule has 30 heavy (non-hydrogen) atoms. The number of furan rings is 1. The molecule has 0 fully saturated rings. The topological polar surface area (TPSA) is 80.3 Å². The van der Waals surface area contributed by atoms with E-state index in [0.717, 1.165) is 17.1 Å². The third-order valence-corrected chi connectivity index (χ3v) is 4.55. The Bertz CT molecular complexity index is 1180. The first-order valence-electron chi connectivity index (χ1n) is 8.84. The van der Waals surface area contributed by atoms with Gasteiger partial charge in [-0.2, -0.15) is 0 Å². The van der Waals surface area contributed by atoms with E-state index in [1.54, 1.807) is 30.3 Å². The van der Waals surface area contributed by atoms with Gasteiger partial charge in [0, 0.05) is 28.2 Å². The van der Waals surface area contributed by atoms with Crippen LogP contribution in [-0.2, 0) is 0 Å². The van der Waals surface area contributed by atoms with E-state index in [0.29, 0.717) is 15.6 Å². The van der Waals surface area contributed by atoms with E-state index < -0.39 is 11.7 Å². The van der Waals surface area contributed by atoms with Gasteiger partial charge in [-0.05, 0) is 60.7 Å². The van der Waals surface area contributed by atoms with Crippen molar-refractivity contribution in [1.82, 2.24) is 0 Å². The van der Waals surface area contributed by atoms with Gasteiger partial charge in [0.2, 0.25) is 0 Å². The highest BCUT2D eigenvalue weighted by Crippen LogP contribution is 2.25. The lowest BCUT2D eigenvalue weighted by atomic mass is 10.2. The summed E-state index contributed by atoms with van der Waals surface area (Å²) in [5.41, 5.74) is 7.70. The number of anilines is 3. The van der Waals surface area contributed by atoms with Gasteiger partial charge < -0.3 is 20.8 Å². The van der Waals surface area contributed by atoms with Gasteiger partial charge >= 0.3 is 0 Å². The molecule has 4 N–H and O–H groups in total. The Labute approximate surface area is 182 Å². The van der Waals surface area contributed by atoms with E-state index in [2.05, 4.69) is 10.6 Å². The van der Waals surface area contributed by atoms with Gasteiger partial charge in [0.25, 0.3) is 5.91 Å². The minimum Gasteiger partial charge on any atom is -0.451 e. The van der Waals surface area contributed by atoms with Crippen molar-refractivity contribution in [3.63, 3.8) is 0 Å². The standard InChI is InChI=1S/C16H14FN3O2.C6H4Cl2/c1-19-11-3-5-14-9(6-11)7-15(22-14)16(21)20-13-8-10(17)2-4-12(13)18;7-5-2-1-3-6(8)4-5/h2-8,19H,18H2,1H3,(H,20,21);1-4H. The largest absolute Gasteiger partial charge is 0.451 e. The summed E-state index contributed by atoms with van der Waals surface area (Å²) in [6.45, 7) is 0. The van der Waals surface area contributed by atoms with Gasteiger partial charge in [-0.25, -0.2) is 4.39 Å². The van der Waals surface area contributed by atoms with Gasteiger partial charge in [0.15, 0.2) is 5.76 Å². The Hall–Kier alpha value is -3.22. The number of amides is 1. The molecule has 0 aliphatic carbocycles. The van der Waals surface area contributed by atoms with Crippen LogP contribution in [0.2, 0.25) is 10.0 Å². The van der Waals surface area contributed by atoms with Crippen LogP contribution in [0.3, 0.4) is 0 Å².